The fraction of sp³-hybridized carbons (Fsp3) is 0.320. The Kier molecular flexibility index (Phi) is 6.57. The second-order valence-corrected chi connectivity index (χ2v) is 8.05. The number of benzene rings is 2. The molecular weight excluding hydrogens is 388 g/mol. The van der Waals surface area contributed by atoms with Crippen LogP contribution in [0.2, 0.25) is 0 Å². The van der Waals surface area contributed by atoms with Crippen LogP contribution in [0.3, 0.4) is 0 Å². The third-order valence-corrected chi connectivity index (χ3v) is 6.04. The van der Waals surface area contributed by atoms with Gasteiger partial charge in [0.1, 0.15) is 0 Å². The number of aromatic nitrogens is 1. The van der Waals surface area contributed by atoms with Crippen LogP contribution in [0.4, 0.5) is 5.69 Å². The molecule has 31 heavy (non-hydrogen) atoms. The molecule has 0 bridgehead atoms. The highest BCUT2D eigenvalue weighted by molar-refractivity contribution is 6.02. The van der Waals surface area contributed by atoms with Crippen molar-refractivity contribution in [2.24, 2.45) is 5.92 Å². The van der Waals surface area contributed by atoms with Crippen LogP contribution in [-0.4, -0.2) is 40.8 Å². The Bertz CT molecular complexity index is 1040. The quantitative estimate of drug-likeness (QED) is 0.644. The summed E-state index contributed by atoms with van der Waals surface area (Å²) in [6.45, 7) is 3.94. The van der Waals surface area contributed by atoms with E-state index in [4.69, 9.17) is 0 Å². The molecule has 160 valence electrons. The number of likely N-dealkylation sites (tertiary alicyclic amines) is 1. The molecule has 0 saturated carbocycles. The smallest absolute Gasteiger partial charge is 0.241 e. The molecule has 4 rings (SSSR count). The van der Waals surface area contributed by atoms with Gasteiger partial charge in [-0.25, -0.2) is 0 Å². The van der Waals surface area contributed by atoms with Crippen molar-refractivity contribution in [1.82, 2.24) is 15.2 Å². The lowest BCUT2D eigenvalue weighted by Crippen LogP contribution is -2.48. The van der Waals surface area contributed by atoms with E-state index in [-0.39, 0.29) is 23.8 Å². The van der Waals surface area contributed by atoms with E-state index < -0.39 is 0 Å². The predicted octanol–water partition coefficient (Wildman–Crippen LogP) is 3.59. The Morgan fingerprint density at radius 2 is 1.81 bits per heavy atom. The Morgan fingerprint density at radius 1 is 1.03 bits per heavy atom. The molecule has 1 aromatic heterocycles. The summed E-state index contributed by atoms with van der Waals surface area (Å²) < 4.78 is 0. The second kappa shape index (κ2) is 9.71. The number of anilines is 1. The van der Waals surface area contributed by atoms with Gasteiger partial charge in [-0.1, -0.05) is 36.4 Å². The molecule has 6 nitrogen and oxygen atoms in total. The van der Waals surface area contributed by atoms with Crippen LogP contribution >= 0.6 is 0 Å². The molecule has 0 radical (unpaired) electrons. The Hall–Kier alpha value is -3.25. The molecule has 2 amide bonds. The standard InChI is InChI=1S/C25H28N4O2/c1-18(24(30)28-23-11-5-10-22-21(23)9-6-14-26-22)29-15-12-20(13-16-29)25(31)27-17-19-7-3-2-4-8-19/h2-11,14,18,20H,12-13,15-17H2,1H3,(H,27,31)(H,28,30). The summed E-state index contributed by atoms with van der Waals surface area (Å²) in [6.07, 6.45) is 3.27. The van der Waals surface area contributed by atoms with E-state index in [0.29, 0.717) is 6.54 Å². The van der Waals surface area contributed by atoms with E-state index in [0.717, 1.165) is 48.1 Å². The maximum absolute atomic E-state index is 12.9. The van der Waals surface area contributed by atoms with E-state index in [1.807, 2.05) is 67.6 Å². The molecule has 0 spiro atoms. The zero-order valence-corrected chi connectivity index (χ0v) is 17.8. The molecule has 2 heterocycles. The molecule has 2 N–H and O–H groups in total. The minimum absolute atomic E-state index is 0.000588. The average Bonchev–Trinajstić information content (AvgIpc) is 2.83. The Morgan fingerprint density at radius 3 is 2.58 bits per heavy atom. The summed E-state index contributed by atoms with van der Waals surface area (Å²) in [5.74, 6) is 0.0616. The van der Waals surface area contributed by atoms with Crippen molar-refractivity contribution < 1.29 is 9.59 Å². The van der Waals surface area contributed by atoms with Crippen molar-refractivity contribution in [3.05, 3.63) is 72.4 Å². The van der Waals surface area contributed by atoms with Crippen LogP contribution in [0.15, 0.2) is 66.9 Å². The van der Waals surface area contributed by atoms with Crippen LogP contribution in [0.25, 0.3) is 10.9 Å². The van der Waals surface area contributed by atoms with Crippen molar-refractivity contribution in [2.75, 3.05) is 18.4 Å². The number of amides is 2. The third-order valence-electron chi connectivity index (χ3n) is 6.04. The van der Waals surface area contributed by atoms with Gasteiger partial charge in [-0.15, -0.1) is 0 Å². The first-order valence-electron chi connectivity index (χ1n) is 10.8. The Balaban J connectivity index is 1.29. The van der Waals surface area contributed by atoms with Crippen molar-refractivity contribution in [3.8, 4) is 0 Å². The average molecular weight is 417 g/mol. The molecule has 6 heteroatoms. The zero-order chi connectivity index (χ0) is 21.6. The van der Waals surface area contributed by atoms with Gasteiger partial charge < -0.3 is 10.6 Å². The number of rotatable bonds is 6. The maximum Gasteiger partial charge on any atom is 0.241 e. The number of nitrogens with one attached hydrogen (secondary N) is 2. The summed E-state index contributed by atoms with van der Waals surface area (Å²) in [7, 11) is 0. The highest BCUT2D eigenvalue weighted by Gasteiger charge is 2.29. The van der Waals surface area contributed by atoms with Crippen LogP contribution in [-0.2, 0) is 16.1 Å². The molecule has 0 aliphatic carbocycles. The van der Waals surface area contributed by atoms with Gasteiger partial charge in [-0.2, -0.15) is 0 Å². The number of fused-ring (bicyclic) bond motifs is 1. The summed E-state index contributed by atoms with van der Waals surface area (Å²) in [5, 5.41) is 7.03. The number of pyridine rings is 1. The summed E-state index contributed by atoms with van der Waals surface area (Å²) in [4.78, 5) is 31.9. The fourth-order valence-corrected chi connectivity index (χ4v) is 4.09. The number of piperidine rings is 1. The summed E-state index contributed by atoms with van der Waals surface area (Å²) in [6, 6.07) is 19.2. The van der Waals surface area contributed by atoms with Gasteiger partial charge in [0.25, 0.3) is 0 Å². The largest absolute Gasteiger partial charge is 0.352 e. The van der Waals surface area contributed by atoms with Crippen molar-refractivity contribution in [1.29, 1.82) is 0 Å². The van der Waals surface area contributed by atoms with Crippen molar-refractivity contribution >= 4 is 28.4 Å². The normalized spacial score (nSPS) is 16.0. The van der Waals surface area contributed by atoms with Gasteiger partial charge >= 0.3 is 0 Å². The SMILES string of the molecule is CC(C(=O)Nc1cccc2ncccc12)N1CCC(C(=O)NCc2ccccc2)CC1. The second-order valence-electron chi connectivity index (χ2n) is 8.05. The lowest BCUT2D eigenvalue weighted by atomic mass is 9.94. The van der Waals surface area contributed by atoms with Gasteiger partial charge in [0.15, 0.2) is 0 Å². The lowest BCUT2D eigenvalue weighted by molar-refractivity contribution is -0.127. The van der Waals surface area contributed by atoms with E-state index in [1.165, 1.54) is 0 Å². The van der Waals surface area contributed by atoms with Gasteiger partial charge in [-0.05, 0) is 62.7 Å². The number of hydrogen-bond acceptors (Lipinski definition) is 4. The Labute approximate surface area is 182 Å². The first-order chi connectivity index (χ1) is 15.1. The number of carbonyl (C=O) groups excluding carboxylic acids is 2. The van der Waals surface area contributed by atoms with E-state index in [2.05, 4.69) is 20.5 Å². The highest BCUT2D eigenvalue weighted by Crippen LogP contribution is 2.23. The molecule has 1 unspecified atom stereocenters. The van der Waals surface area contributed by atoms with Crippen LogP contribution < -0.4 is 10.6 Å². The maximum atomic E-state index is 12.9. The fourth-order valence-electron chi connectivity index (χ4n) is 4.09. The first-order valence-corrected chi connectivity index (χ1v) is 10.8. The number of carbonyl (C=O) groups is 2. The third kappa shape index (κ3) is 5.09. The van der Waals surface area contributed by atoms with Crippen LogP contribution in [0, 0.1) is 5.92 Å². The van der Waals surface area contributed by atoms with E-state index >= 15 is 0 Å². The lowest BCUT2D eigenvalue weighted by Gasteiger charge is -2.34. The molecule has 1 atom stereocenters. The monoisotopic (exact) mass is 416 g/mol. The van der Waals surface area contributed by atoms with E-state index in [1.54, 1.807) is 6.20 Å². The molecule has 1 aliphatic heterocycles. The molecule has 1 fully saturated rings. The summed E-state index contributed by atoms with van der Waals surface area (Å²) >= 11 is 0. The molecule has 2 aromatic carbocycles. The number of hydrogen-bond donors (Lipinski definition) is 2. The van der Waals surface area contributed by atoms with Gasteiger partial charge in [-0.3, -0.25) is 19.5 Å². The predicted molar refractivity (Wildman–Crippen MR) is 122 cm³/mol. The molecule has 3 aromatic rings. The van der Waals surface area contributed by atoms with Crippen molar-refractivity contribution in [2.45, 2.75) is 32.4 Å². The van der Waals surface area contributed by atoms with Gasteiger partial charge in [0.05, 0.1) is 17.2 Å². The van der Waals surface area contributed by atoms with Crippen molar-refractivity contribution in [3.63, 3.8) is 0 Å². The van der Waals surface area contributed by atoms with Gasteiger partial charge in [0.2, 0.25) is 11.8 Å². The highest BCUT2D eigenvalue weighted by atomic mass is 16.2. The minimum Gasteiger partial charge on any atom is -0.352 e. The minimum atomic E-state index is -0.264. The topological polar surface area (TPSA) is 74.3 Å². The van der Waals surface area contributed by atoms with Crippen LogP contribution in [0.5, 0.6) is 0 Å². The van der Waals surface area contributed by atoms with E-state index in [9.17, 15) is 9.59 Å². The molecular formula is C25H28N4O2. The first kappa shape index (κ1) is 21.0. The molecule has 1 aliphatic rings. The van der Waals surface area contributed by atoms with Gasteiger partial charge in [0, 0.05) is 24.0 Å². The number of nitrogens with zero attached hydrogens (tertiary/aromatic N) is 2. The molecule has 1 saturated heterocycles. The van der Waals surface area contributed by atoms with Crippen LogP contribution in [0.1, 0.15) is 25.3 Å². The summed E-state index contributed by atoms with van der Waals surface area (Å²) in [5.41, 5.74) is 2.73. The zero-order valence-electron chi connectivity index (χ0n) is 17.8.